The Morgan fingerprint density at radius 1 is 1.17 bits per heavy atom. The summed E-state index contributed by atoms with van der Waals surface area (Å²) >= 11 is 0. The van der Waals surface area contributed by atoms with Crippen LogP contribution >= 0.6 is 0 Å². The highest BCUT2D eigenvalue weighted by atomic mass is 32.2. The number of nitrogen functional groups attached to an aromatic ring is 1. The summed E-state index contributed by atoms with van der Waals surface area (Å²) in [7, 11) is -2.17. The first-order chi connectivity index (χ1) is 10.8. The lowest BCUT2D eigenvalue weighted by Crippen LogP contribution is -2.01. The fraction of sp³-hybridized carbons (Fsp3) is 0.125. The lowest BCUT2D eigenvalue weighted by Gasteiger charge is -2.06. The summed E-state index contributed by atoms with van der Waals surface area (Å²) in [4.78, 5) is 0. The van der Waals surface area contributed by atoms with Crippen LogP contribution in [0.5, 0.6) is 5.75 Å². The van der Waals surface area contributed by atoms with Gasteiger partial charge in [0.2, 0.25) is 0 Å². The lowest BCUT2D eigenvalue weighted by atomic mass is 10.2. The van der Waals surface area contributed by atoms with Crippen molar-refractivity contribution < 1.29 is 21.9 Å². The van der Waals surface area contributed by atoms with Crippen molar-refractivity contribution in [2.45, 2.75) is 5.75 Å². The fourth-order valence-corrected chi connectivity index (χ4v) is 3.06. The number of sulfone groups is 1. The van der Waals surface area contributed by atoms with Gasteiger partial charge in [-0.1, -0.05) is 6.07 Å². The lowest BCUT2D eigenvalue weighted by molar-refractivity contribution is 0.417. The molecule has 0 heterocycles. The summed E-state index contributed by atoms with van der Waals surface area (Å²) in [6, 6.07) is 7.57. The van der Waals surface area contributed by atoms with Gasteiger partial charge in [-0.3, -0.25) is 0 Å². The molecule has 0 bridgehead atoms. The van der Waals surface area contributed by atoms with Gasteiger partial charge in [-0.25, -0.2) is 17.2 Å². The standard InChI is InChI=1S/C16H15F2NO3S/c1-22-16-5-2-11(8-15(16)19)10-23(20,21)7-6-12-3-4-13(17)9-14(12)18/h2-9H,10,19H2,1H3/b7-6+. The minimum Gasteiger partial charge on any atom is -0.495 e. The molecule has 0 spiro atoms. The molecule has 0 aliphatic rings. The van der Waals surface area contributed by atoms with E-state index in [1.807, 2.05) is 0 Å². The normalized spacial score (nSPS) is 11.8. The van der Waals surface area contributed by atoms with Gasteiger partial charge >= 0.3 is 0 Å². The van der Waals surface area contributed by atoms with E-state index in [1.54, 1.807) is 12.1 Å². The van der Waals surface area contributed by atoms with Crippen molar-refractivity contribution in [3.05, 3.63) is 64.6 Å². The van der Waals surface area contributed by atoms with E-state index < -0.39 is 21.5 Å². The van der Waals surface area contributed by atoms with E-state index in [0.717, 1.165) is 17.6 Å². The summed E-state index contributed by atoms with van der Waals surface area (Å²) in [6.45, 7) is 0. The molecule has 0 atom stereocenters. The molecular weight excluding hydrogens is 324 g/mol. The van der Waals surface area contributed by atoms with Crippen molar-refractivity contribution in [3.63, 3.8) is 0 Å². The summed E-state index contributed by atoms with van der Waals surface area (Å²) in [5, 5.41) is 0.893. The third kappa shape index (κ3) is 4.53. The highest BCUT2D eigenvalue weighted by molar-refractivity contribution is 7.93. The quantitative estimate of drug-likeness (QED) is 0.850. The number of anilines is 1. The average molecular weight is 339 g/mol. The molecule has 0 aromatic heterocycles. The third-order valence-corrected chi connectivity index (χ3v) is 4.37. The van der Waals surface area contributed by atoms with Gasteiger partial charge in [-0.05, 0) is 35.9 Å². The van der Waals surface area contributed by atoms with E-state index in [0.29, 0.717) is 23.1 Å². The Hall–Kier alpha value is -2.41. The van der Waals surface area contributed by atoms with Crippen molar-refractivity contribution in [2.75, 3.05) is 12.8 Å². The number of halogens is 2. The molecule has 23 heavy (non-hydrogen) atoms. The molecule has 0 saturated carbocycles. The molecule has 0 amide bonds. The molecule has 0 radical (unpaired) electrons. The van der Waals surface area contributed by atoms with Crippen LogP contribution in [0.2, 0.25) is 0 Å². The summed E-state index contributed by atoms with van der Waals surface area (Å²) in [5.74, 6) is -1.39. The number of ether oxygens (including phenoxy) is 1. The molecule has 0 saturated heterocycles. The van der Waals surface area contributed by atoms with Gasteiger partial charge in [-0.2, -0.15) is 0 Å². The first kappa shape index (κ1) is 17.0. The van der Waals surface area contributed by atoms with Crippen LogP contribution in [-0.4, -0.2) is 15.5 Å². The van der Waals surface area contributed by atoms with Gasteiger partial charge in [0.15, 0.2) is 9.84 Å². The number of hydrogen-bond acceptors (Lipinski definition) is 4. The van der Waals surface area contributed by atoms with Crippen molar-refractivity contribution in [3.8, 4) is 5.75 Å². The van der Waals surface area contributed by atoms with E-state index in [4.69, 9.17) is 10.5 Å². The van der Waals surface area contributed by atoms with Crippen LogP contribution in [-0.2, 0) is 15.6 Å². The summed E-state index contributed by atoms with van der Waals surface area (Å²) in [5.41, 5.74) is 6.52. The van der Waals surface area contributed by atoms with Crippen LogP contribution in [0.3, 0.4) is 0 Å². The number of rotatable bonds is 5. The number of methoxy groups -OCH3 is 1. The zero-order chi connectivity index (χ0) is 17.0. The number of benzene rings is 2. The number of nitrogens with two attached hydrogens (primary N) is 1. The van der Waals surface area contributed by atoms with Crippen LogP contribution in [0.25, 0.3) is 6.08 Å². The molecule has 122 valence electrons. The molecule has 2 aromatic rings. The van der Waals surface area contributed by atoms with Crippen molar-refractivity contribution in [2.24, 2.45) is 0 Å². The van der Waals surface area contributed by atoms with Gasteiger partial charge in [0.25, 0.3) is 0 Å². The molecule has 0 aliphatic heterocycles. The summed E-state index contributed by atoms with van der Waals surface area (Å²) < 4.78 is 55.4. The smallest absolute Gasteiger partial charge is 0.175 e. The predicted molar refractivity (Wildman–Crippen MR) is 85.4 cm³/mol. The number of hydrogen-bond donors (Lipinski definition) is 1. The molecule has 2 rings (SSSR count). The maximum absolute atomic E-state index is 13.5. The largest absolute Gasteiger partial charge is 0.495 e. The molecular formula is C16H15F2NO3S. The highest BCUT2D eigenvalue weighted by Crippen LogP contribution is 2.23. The minimum atomic E-state index is -3.63. The van der Waals surface area contributed by atoms with Crippen LogP contribution in [0.15, 0.2) is 41.8 Å². The van der Waals surface area contributed by atoms with Crippen LogP contribution < -0.4 is 10.5 Å². The Labute approximate surface area is 133 Å². The Morgan fingerprint density at radius 2 is 1.91 bits per heavy atom. The van der Waals surface area contributed by atoms with E-state index >= 15 is 0 Å². The Bertz CT molecular complexity index is 848. The van der Waals surface area contributed by atoms with Crippen molar-refractivity contribution in [1.29, 1.82) is 0 Å². The van der Waals surface area contributed by atoms with Gasteiger partial charge in [0, 0.05) is 17.0 Å². The van der Waals surface area contributed by atoms with E-state index in [2.05, 4.69) is 0 Å². The molecule has 0 unspecified atom stereocenters. The second-order valence-corrected chi connectivity index (χ2v) is 6.74. The first-order valence-corrected chi connectivity index (χ1v) is 8.30. The van der Waals surface area contributed by atoms with Crippen LogP contribution in [0.4, 0.5) is 14.5 Å². The predicted octanol–water partition coefficient (Wildman–Crippen LogP) is 3.14. The zero-order valence-corrected chi connectivity index (χ0v) is 13.1. The monoisotopic (exact) mass is 339 g/mol. The Kier molecular flexibility index (Phi) is 5.00. The Balaban J connectivity index is 2.18. The third-order valence-electron chi connectivity index (χ3n) is 3.08. The van der Waals surface area contributed by atoms with Gasteiger partial charge in [0.05, 0.1) is 18.6 Å². The topological polar surface area (TPSA) is 69.4 Å². The fourth-order valence-electron chi connectivity index (χ4n) is 1.97. The summed E-state index contributed by atoms with van der Waals surface area (Å²) in [6.07, 6.45) is 1.09. The molecule has 2 N–H and O–H groups in total. The van der Waals surface area contributed by atoms with Crippen LogP contribution in [0, 0.1) is 11.6 Å². The average Bonchev–Trinajstić information content (AvgIpc) is 2.46. The molecule has 4 nitrogen and oxygen atoms in total. The van der Waals surface area contributed by atoms with Crippen molar-refractivity contribution in [1.82, 2.24) is 0 Å². The molecule has 7 heteroatoms. The van der Waals surface area contributed by atoms with E-state index in [-0.39, 0.29) is 11.3 Å². The van der Waals surface area contributed by atoms with Gasteiger partial charge in [0.1, 0.15) is 17.4 Å². The maximum atomic E-state index is 13.5. The van der Waals surface area contributed by atoms with Gasteiger partial charge in [-0.15, -0.1) is 0 Å². The van der Waals surface area contributed by atoms with E-state index in [1.165, 1.54) is 19.2 Å². The first-order valence-electron chi connectivity index (χ1n) is 6.59. The molecule has 0 fully saturated rings. The zero-order valence-electron chi connectivity index (χ0n) is 12.3. The van der Waals surface area contributed by atoms with Gasteiger partial charge < -0.3 is 10.5 Å². The Morgan fingerprint density at radius 3 is 2.52 bits per heavy atom. The molecule has 2 aromatic carbocycles. The van der Waals surface area contributed by atoms with E-state index in [9.17, 15) is 17.2 Å². The van der Waals surface area contributed by atoms with Crippen LogP contribution in [0.1, 0.15) is 11.1 Å². The second kappa shape index (κ2) is 6.78. The molecule has 0 aliphatic carbocycles. The minimum absolute atomic E-state index is 0.00998. The SMILES string of the molecule is COc1ccc(CS(=O)(=O)/C=C/c2ccc(F)cc2F)cc1N. The maximum Gasteiger partial charge on any atom is 0.175 e. The second-order valence-electron chi connectivity index (χ2n) is 4.85. The highest BCUT2D eigenvalue weighted by Gasteiger charge is 2.10. The van der Waals surface area contributed by atoms with Crippen molar-refractivity contribution >= 4 is 21.6 Å².